The second-order valence-electron chi connectivity index (χ2n) is 8.12. The molecule has 20 heavy (non-hydrogen) atoms. The molecule has 0 saturated heterocycles. The number of hydrogen-bond donors (Lipinski definition) is 2. The first kappa shape index (κ1) is 16.0. The number of rotatable bonds is 4. The van der Waals surface area contributed by atoms with Crippen LogP contribution in [0.2, 0.25) is 0 Å². The Kier molecular flexibility index (Phi) is 4.37. The van der Waals surface area contributed by atoms with Crippen LogP contribution in [0.3, 0.4) is 0 Å². The van der Waals surface area contributed by atoms with Crippen LogP contribution in [0.15, 0.2) is 12.7 Å². The molecule has 0 aromatic heterocycles. The maximum Gasteiger partial charge on any atom is 0.0910 e. The first-order chi connectivity index (χ1) is 9.30. The first-order valence-electron chi connectivity index (χ1n) is 8.24. The fraction of sp³-hybridized carbons (Fsp3) is 0.889. The Balaban J connectivity index is 2.35. The maximum absolute atomic E-state index is 11.0. The molecular formula is C18H32O2. The smallest absolute Gasteiger partial charge is 0.0910 e. The van der Waals surface area contributed by atoms with E-state index in [1.54, 1.807) is 0 Å². The van der Waals surface area contributed by atoms with Gasteiger partial charge in [-0.15, -0.1) is 6.58 Å². The van der Waals surface area contributed by atoms with E-state index in [1.165, 1.54) is 19.3 Å². The summed E-state index contributed by atoms with van der Waals surface area (Å²) in [7, 11) is 0. The summed E-state index contributed by atoms with van der Waals surface area (Å²) >= 11 is 0. The van der Waals surface area contributed by atoms with E-state index in [4.69, 9.17) is 0 Å². The minimum atomic E-state index is -0.887. The van der Waals surface area contributed by atoms with E-state index in [-0.39, 0.29) is 17.9 Å². The number of hydrogen-bond acceptors (Lipinski definition) is 2. The standard InChI is InChI=1S/C18H32O2/c1-5-6-8-15-17(4)11-7-10-16(2,3)14(17)9-12-18(15,20)13-19/h5,14-15,19-20H,1,6-13H2,2-4H3/t14-,15+,17-,18-/m0/s1. The molecule has 0 aromatic rings. The number of fused-ring (bicyclic) bond motifs is 1. The molecule has 2 heteroatoms. The molecule has 0 aliphatic heterocycles. The Hall–Kier alpha value is -0.340. The Labute approximate surface area is 124 Å². The highest BCUT2D eigenvalue weighted by atomic mass is 16.3. The normalized spacial score (nSPS) is 43.9. The average molecular weight is 280 g/mol. The summed E-state index contributed by atoms with van der Waals surface area (Å²) in [6.07, 6.45) is 9.33. The third-order valence-electron chi connectivity index (χ3n) is 6.52. The highest BCUT2D eigenvalue weighted by Crippen LogP contribution is 2.62. The molecule has 116 valence electrons. The van der Waals surface area contributed by atoms with Crippen molar-refractivity contribution in [2.75, 3.05) is 6.61 Å². The fourth-order valence-electron chi connectivity index (χ4n) is 5.56. The van der Waals surface area contributed by atoms with E-state index in [0.717, 1.165) is 25.7 Å². The number of aliphatic hydroxyl groups excluding tert-OH is 1. The van der Waals surface area contributed by atoms with Gasteiger partial charge in [0.2, 0.25) is 0 Å². The van der Waals surface area contributed by atoms with E-state index < -0.39 is 5.60 Å². The third-order valence-corrected chi connectivity index (χ3v) is 6.52. The molecule has 0 radical (unpaired) electrons. The molecule has 0 bridgehead atoms. The van der Waals surface area contributed by atoms with Crippen LogP contribution in [0, 0.1) is 22.7 Å². The van der Waals surface area contributed by atoms with Gasteiger partial charge in [-0.25, -0.2) is 0 Å². The minimum Gasteiger partial charge on any atom is -0.393 e. The van der Waals surface area contributed by atoms with Gasteiger partial charge in [0.05, 0.1) is 12.2 Å². The van der Waals surface area contributed by atoms with Crippen LogP contribution in [-0.2, 0) is 0 Å². The van der Waals surface area contributed by atoms with Gasteiger partial charge in [0.25, 0.3) is 0 Å². The maximum atomic E-state index is 11.0. The molecule has 2 N–H and O–H groups in total. The molecule has 2 nitrogen and oxygen atoms in total. The van der Waals surface area contributed by atoms with E-state index in [2.05, 4.69) is 27.4 Å². The lowest BCUT2D eigenvalue weighted by atomic mass is 9.45. The molecule has 2 aliphatic carbocycles. The van der Waals surface area contributed by atoms with E-state index in [0.29, 0.717) is 11.3 Å². The van der Waals surface area contributed by atoms with Crippen molar-refractivity contribution in [3.05, 3.63) is 12.7 Å². The van der Waals surface area contributed by atoms with Gasteiger partial charge in [-0.05, 0) is 61.2 Å². The van der Waals surface area contributed by atoms with Gasteiger partial charge >= 0.3 is 0 Å². The van der Waals surface area contributed by atoms with Gasteiger partial charge in [0, 0.05) is 0 Å². The molecule has 0 unspecified atom stereocenters. The molecule has 0 spiro atoms. The van der Waals surface area contributed by atoms with Crippen LogP contribution in [-0.4, -0.2) is 22.4 Å². The average Bonchev–Trinajstić information content (AvgIpc) is 2.37. The second-order valence-corrected chi connectivity index (χ2v) is 8.12. The van der Waals surface area contributed by atoms with Gasteiger partial charge in [0.15, 0.2) is 0 Å². The molecule has 2 aliphatic rings. The van der Waals surface area contributed by atoms with Gasteiger partial charge in [0.1, 0.15) is 0 Å². The van der Waals surface area contributed by atoms with Crippen LogP contribution >= 0.6 is 0 Å². The molecule has 2 fully saturated rings. The Morgan fingerprint density at radius 3 is 2.50 bits per heavy atom. The van der Waals surface area contributed by atoms with Crippen LogP contribution < -0.4 is 0 Å². The monoisotopic (exact) mass is 280 g/mol. The summed E-state index contributed by atoms with van der Waals surface area (Å²) in [5.74, 6) is 0.849. The summed E-state index contributed by atoms with van der Waals surface area (Å²) < 4.78 is 0. The topological polar surface area (TPSA) is 40.5 Å². The van der Waals surface area contributed by atoms with Gasteiger partial charge in [-0.1, -0.05) is 33.3 Å². The zero-order valence-corrected chi connectivity index (χ0v) is 13.5. The summed E-state index contributed by atoms with van der Waals surface area (Å²) in [5.41, 5.74) is -0.377. The SMILES string of the molecule is C=CCC[C@H]1[C@@](O)(CO)CC[C@H]2C(C)(C)CCC[C@@]21C. The molecule has 2 saturated carbocycles. The van der Waals surface area contributed by atoms with Crippen molar-refractivity contribution in [1.29, 1.82) is 0 Å². The molecule has 4 atom stereocenters. The van der Waals surface area contributed by atoms with Crippen molar-refractivity contribution in [2.45, 2.75) is 71.3 Å². The van der Waals surface area contributed by atoms with Crippen molar-refractivity contribution in [1.82, 2.24) is 0 Å². The molecule has 0 heterocycles. The zero-order chi connectivity index (χ0) is 15.0. The zero-order valence-electron chi connectivity index (χ0n) is 13.5. The Morgan fingerprint density at radius 1 is 1.20 bits per heavy atom. The van der Waals surface area contributed by atoms with Gasteiger partial charge < -0.3 is 10.2 Å². The minimum absolute atomic E-state index is 0.0997. The highest BCUT2D eigenvalue weighted by molar-refractivity contribution is 5.08. The Morgan fingerprint density at radius 2 is 1.90 bits per heavy atom. The summed E-state index contributed by atoms with van der Waals surface area (Å²) in [4.78, 5) is 0. The second kappa shape index (κ2) is 5.46. The quantitative estimate of drug-likeness (QED) is 0.766. The molecule has 0 amide bonds. The number of aliphatic hydroxyl groups is 2. The van der Waals surface area contributed by atoms with E-state index in [9.17, 15) is 10.2 Å². The fourth-order valence-corrected chi connectivity index (χ4v) is 5.56. The van der Waals surface area contributed by atoms with Crippen molar-refractivity contribution in [3.8, 4) is 0 Å². The lowest BCUT2D eigenvalue weighted by Crippen LogP contribution is -2.59. The van der Waals surface area contributed by atoms with Crippen LogP contribution in [0.1, 0.15) is 65.7 Å². The molecule has 0 aromatic carbocycles. The third kappa shape index (κ3) is 2.46. The van der Waals surface area contributed by atoms with Crippen molar-refractivity contribution in [3.63, 3.8) is 0 Å². The van der Waals surface area contributed by atoms with E-state index in [1.807, 2.05) is 6.08 Å². The molecular weight excluding hydrogens is 248 g/mol. The van der Waals surface area contributed by atoms with Crippen LogP contribution in [0.4, 0.5) is 0 Å². The summed E-state index contributed by atoms with van der Waals surface area (Å²) in [6.45, 7) is 10.9. The largest absolute Gasteiger partial charge is 0.393 e. The van der Waals surface area contributed by atoms with Crippen molar-refractivity contribution < 1.29 is 10.2 Å². The highest BCUT2D eigenvalue weighted by Gasteiger charge is 2.58. The molecule has 2 rings (SSSR count). The van der Waals surface area contributed by atoms with Crippen molar-refractivity contribution in [2.24, 2.45) is 22.7 Å². The van der Waals surface area contributed by atoms with Gasteiger partial charge in [-0.3, -0.25) is 0 Å². The van der Waals surface area contributed by atoms with Crippen LogP contribution in [0.25, 0.3) is 0 Å². The Bertz CT molecular complexity index is 362. The van der Waals surface area contributed by atoms with E-state index >= 15 is 0 Å². The predicted octanol–water partition coefficient (Wildman–Crippen LogP) is 3.92. The first-order valence-corrected chi connectivity index (χ1v) is 8.24. The van der Waals surface area contributed by atoms with Crippen molar-refractivity contribution >= 4 is 0 Å². The predicted molar refractivity (Wildman–Crippen MR) is 83.4 cm³/mol. The lowest BCUT2D eigenvalue weighted by Gasteiger charge is -2.61. The summed E-state index contributed by atoms with van der Waals surface area (Å²) in [6, 6.07) is 0. The summed E-state index contributed by atoms with van der Waals surface area (Å²) in [5, 5.41) is 20.7. The number of allylic oxidation sites excluding steroid dienone is 1. The van der Waals surface area contributed by atoms with Crippen LogP contribution in [0.5, 0.6) is 0 Å². The lowest BCUT2D eigenvalue weighted by molar-refractivity contribution is -0.190. The van der Waals surface area contributed by atoms with Gasteiger partial charge in [-0.2, -0.15) is 0 Å².